The minimum Gasteiger partial charge on any atom is -0.465 e. The number of aromatic amines is 1. The van der Waals surface area contributed by atoms with E-state index in [-0.39, 0.29) is 17.9 Å². The summed E-state index contributed by atoms with van der Waals surface area (Å²) in [7, 11) is -4.82. The number of esters is 1. The summed E-state index contributed by atoms with van der Waals surface area (Å²) >= 11 is 0. The number of para-hydroxylation sites is 1. The average molecular weight is 550 g/mol. The van der Waals surface area contributed by atoms with Crippen LogP contribution in [0.1, 0.15) is 13.8 Å². The third-order valence-electron chi connectivity index (χ3n) is 4.77. The van der Waals surface area contributed by atoms with Crippen LogP contribution in [0.25, 0.3) is 11.2 Å². The summed E-state index contributed by atoms with van der Waals surface area (Å²) in [6, 6.07) is 5.78. The Bertz CT molecular complexity index is 1350. The number of rotatable bonds is 12. The van der Waals surface area contributed by atoms with Gasteiger partial charge >= 0.3 is 25.6 Å². The fraction of sp³-hybridized carbons (Fsp3) is 0.400. The van der Waals surface area contributed by atoms with Crippen molar-refractivity contribution in [3.8, 4) is 5.75 Å². The Balaban J connectivity index is 1.81. The molecule has 2 heterocycles. The predicted octanol–water partition coefficient (Wildman–Crippen LogP) is 2.72. The van der Waals surface area contributed by atoms with Gasteiger partial charge in [-0.3, -0.25) is 19.1 Å². The van der Waals surface area contributed by atoms with Gasteiger partial charge in [-0.1, -0.05) is 18.2 Å². The molecule has 0 bridgehead atoms. The number of hydrogen-bond donors (Lipinski definition) is 3. The van der Waals surface area contributed by atoms with Gasteiger partial charge in [0.05, 0.1) is 19.5 Å². The van der Waals surface area contributed by atoms with Gasteiger partial charge in [-0.25, -0.2) is 9.55 Å². The van der Waals surface area contributed by atoms with Gasteiger partial charge in [0.1, 0.15) is 18.4 Å². The summed E-state index contributed by atoms with van der Waals surface area (Å²) in [6.45, 7) is -1.08. The van der Waals surface area contributed by atoms with Crippen LogP contribution in [-0.4, -0.2) is 56.6 Å². The van der Waals surface area contributed by atoms with Gasteiger partial charge < -0.3 is 19.6 Å². The minimum absolute atomic E-state index is 0.0326. The molecule has 3 aromatic rings. The van der Waals surface area contributed by atoms with E-state index in [1.807, 2.05) is 0 Å². The lowest BCUT2D eigenvalue weighted by Crippen LogP contribution is -2.47. The zero-order valence-electron chi connectivity index (χ0n) is 19.5. The number of benzene rings is 1. The van der Waals surface area contributed by atoms with E-state index < -0.39 is 61.9 Å². The monoisotopic (exact) mass is 550 g/mol. The fourth-order valence-corrected chi connectivity index (χ4v) is 4.45. The number of nitrogens with one attached hydrogen (secondary N) is 2. The zero-order valence-corrected chi connectivity index (χ0v) is 20.4. The molecule has 1 aromatic carbocycles. The Kier molecular flexibility index (Phi) is 8.25. The highest BCUT2D eigenvalue weighted by Gasteiger charge is 2.58. The van der Waals surface area contributed by atoms with Gasteiger partial charge in [-0.05, 0) is 26.0 Å². The number of nitrogens with two attached hydrogens (primary N) is 1. The smallest absolute Gasteiger partial charge is 0.459 e. The van der Waals surface area contributed by atoms with Crippen LogP contribution in [0.4, 0.5) is 23.5 Å². The van der Waals surface area contributed by atoms with Crippen molar-refractivity contribution in [2.75, 3.05) is 18.9 Å². The summed E-state index contributed by atoms with van der Waals surface area (Å²) in [5.41, 5.74) is 3.72. The number of imidazole rings is 1. The topological polar surface area (TPSA) is 163 Å². The van der Waals surface area contributed by atoms with Crippen molar-refractivity contribution in [2.24, 2.45) is 0 Å². The largest absolute Gasteiger partial charge is 0.465 e. The molecule has 0 amide bonds. The van der Waals surface area contributed by atoms with Crippen molar-refractivity contribution in [2.45, 2.75) is 38.3 Å². The van der Waals surface area contributed by atoms with Crippen LogP contribution < -0.4 is 20.9 Å². The molecule has 0 aliphatic carbocycles. The van der Waals surface area contributed by atoms with Crippen LogP contribution in [0, 0.1) is 0 Å². The number of nitrogens with zero attached hydrogens (tertiary/aromatic N) is 3. The molecule has 2 atom stereocenters. The van der Waals surface area contributed by atoms with E-state index >= 15 is 0 Å². The Labute approximate surface area is 206 Å². The lowest BCUT2D eigenvalue weighted by molar-refractivity contribution is -0.227. The highest BCUT2D eigenvalue weighted by Crippen LogP contribution is 2.48. The first kappa shape index (κ1) is 28.1. The maximum Gasteiger partial charge on any atom is 0.459 e. The number of carbonyl (C=O) groups excluding carboxylic acids is 1. The molecule has 0 fully saturated rings. The fourth-order valence-electron chi connectivity index (χ4n) is 2.95. The number of aromatic nitrogens is 4. The molecular formula is C20H23F4N6O6P. The third-order valence-corrected chi connectivity index (χ3v) is 6.40. The molecule has 0 spiro atoms. The SMILES string of the molecule is CCOC(=O)[C@H](C)NP(=O)(OCC(F)(F)C(F)(F)Cn1cnc2c(=O)[nH]c(N)nc21)Oc1ccccc1. The molecule has 12 nitrogen and oxygen atoms in total. The van der Waals surface area contributed by atoms with E-state index in [1.165, 1.54) is 38.1 Å². The van der Waals surface area contributed by atoms with Crippen molar-refractivity contribution < 1.29 is 40.7 Å². The van der Waals surface area contributed by atoms with E-state index in [0.717, 1.165) is 6.33 Å². The lowest BCUT2D eigenvalue weighted by atomic mass is 10.2. The summed E-state index contributed by atoms with van der Waals surface area (Å²) in [5.74, 6) is -11.2. The number of fused-ring (bicyclic) bond motifs is 1. The highest BCUT2D eigenvalue weighted by atomic mass is 31.2. The Morgan fingerprint density at radius 2 is 1.92 bits per heavy atom. The molecule has 0 aliphatic heterocycles. The van der Waals surface area contributed by atoms with Gasteiger partial charge in [0.2, 0.25) is 5.95 Å². The van der Waals surface area contributed by atoms with Crippen molar-refractivity contribution in [3.05, 3.63) is 47.0 Å². The number of anilines is 1. The summed E-state index contributed by atoms with van der Waals surface area (Å²) in [4.78, 5) is 33.1. The zero-order chi connectivity index (χ0) is 27.4. The molecule has 37 heavy (non-hydrogen) atoms. The Hall–Kier alpha value is -3.49. The van der Waals surface area contributed by atoms with E-state index in [4.69, 9.17) is 19.5 Å². The van der Waals surface area contributed by atoms with Crippen molar-refractivity contribution in [1.82, 2.24) is 24.6 Å². The number of ether oxygens (including phenoxy) is 1. The third kappa shape index (κ3) is 6.64. The number of nitrogen functional groups attached to an aromatic ring is 1. The summed E-state index contributed by atoms with van der Waals surface area (Å²) < 4.78 is 87.3. The molecular weight excluding hydrogens is 527 g/mol. The van der Waals surface area contributed by atoms with Crippen LogP contribution in [0.2, 0.25) is 0 Å². The number of H-pyrrole nitrogens is 1. The number of carbonyl (C=O) groups is 1. The maximum atomic E-state index is 14.7. The van der Waals surface area contributed by atoms with E-state index in [1.54, 1.807) is 6.07 Å². The van der Waals surface area contributed by atoms with Gasteiger partial charge in [0, 0.05) is 0 Å². The van der Waals surface area contributed by atoms with Crippen molar-refractivity contribution >= 4 is 30.8 Å². The lowest BCUT2D eigenvalue weighted by Gasteiger charge is -2.29. The molecule has 0 aliphatic rings. The van der Waals surface area contributed by atoms with Crippen LogP contribution in [0.15, 0.2) is 41.5 Å². The molecule has 202 valence electrons. The predicted molar refractivity (Wildman–Crippen MR) is 122 cm³/mol. The first-order valence-corrected chi connectivity index (χ1v) is 12.2. The second kappa shape index (κ2) is 10.9. The molecule has 0 saturated heterocycles. The number of alkyl halides is 4. The van der Waals surface area contributed by atoms with Crippen LogP contribution >= 0.6 is 7.75 Å². The highest BCUT2D eigenvalue weighted by molar-refractivity contribution is 7.52. The molecule has 1 unspecified atom stereocenters. The molecule has 0 radical (unpaired) electrons. The average Bonchev–Trinajstić information content (AvgIpc) is 3.20. The normalized spacial score (nSPS) is 14.8. The van der Waals surface area contributed by atoms with E-state index in [9.17, 15) is 31.7 Å². The standard InChI is InChI=1S/C20H23F4N6O6P/c1-3-34-17(32)12(2)29-37(33,36-13-7-5-4-6-8-13)35-10-20(23,24)19(21,22)9-30-11-26-14-15(30)27-18(25)28-16(14)31/h4-8,11-12H,3,9-10H2,1-2H3,(H,29,33)(H3,25,27,28,31)/t12-,37?/m0/s1. The second-order valence-electron chi connectivity index (χ2n) is 7.68. The summed E-state index contributed by atoms with van der Waals surface area (Å²) in [6.07, 6.45) is 0.725. The second-order valence-corrected chi connectivity index (χ2v) is 9.38. The molecule has 3 rings (SSSR count). The maximum absolute atomic E-state index is 14.7. The van der Waals surface area contributed by atoms with Crippen LogP contribution in [0.3, 0.4) is 0 Å². The van der Waals surface area contributed by atoms with Crippen molar-refractivity contribution in [3.63, 3.8) is 0 Å². The van der Waals surface area contributed by atoms with Gasteiger partial charge in [-0.2, -0.15) is 27.6 Å². The quantitative estimate of drug-likeness (QED) is 0.174. The molecule has 2 aromatic heterocycles. The summed E-state index contributed by atoms with van der Waals surface area (Å²) in [5, 5.41) is 2.11. The Morgan fingerprint density at radius 3 is 2.57 bits per heavy atom. The van der Waals surface area contributed by atoms with Gasteiger partial charge in [0.25, 0.3) is 5.56 Å². The number of halogens is 4. The molecule has 0 saturated carbocycles. The molecule has 17 heteroatoms. The first-order valence-electron chi connectivity index (χ1n) is 10.7. The minimum atomic E-state index is -4.92. The molecule has 4 N–H and O–H groups in total. The Morgan fingerprint density at radius 1 is 1.24 bits per heavy atom. The van der Waals surface area contributed by atoms with Crippen molar-refractivity contribution in [1.29, 1.82) is 0 Å². The van der Waals surface area contributed by atoms with E-state index in [2.05, 4.69) is 20.0 Å². The van der Waals surface area contributed by atoms with E-state index in [0.29, 0.717) is 4.57 Å². The van der Waals surface area contributed by atoms with Crippen LogP contribution in [-0.2, 0) is 25.2 Å². The van der Waals surface area contributed by atoms with Crippen LogP contribution in [0.5, 0.6) is 5.75 Å². The van der Waals surface area contributed by atoms with Gasteiger partial charge in [0.15, 0.2) is 11.2 Å². The first-order chi connectivity index (χ1) is 17.3. The van der Waals surface area contributed by atoms with Gasteiger partial charge in [-0.15, -0.1) is 0 Å². The number of hydrogen-bond acceptors (Lipinski definition) is 9.